The zero-order chi connectivity index (χ0) is 21.4. The van der Waals surface area contributed by atoms with E-state index in [4.69, 9.17) is 4.74 Å². The highest BCUT2D eigenvalue weighted by atomic mass is 19.1. The molecule has 0 radical (unpaired) electrons. The van der Waals surface area contributed by atoms with Crippen LogP contribution in [0.15, 0.2) is 18.2 Å². The third kappa shape index (κ3) is 3.79. The quantitative estimate of drug-likeness (QED) is 0.691. The van der Waals surface area contributed by atoms with Crippen LogP contribution in [0.3, 0.4) is 0 Å². The van der Waals surface area contributed by atoms with E-state index in [0.717, 1.165) is 41.6 Å². The lowest BCUT2D eigenvalue weighted by Gasteiger charge is -2.19. The van der Waals surface area contributed by atoms with E-state index in [1.807, 2.05) is 19.9 Å². The summed E-state index contributed by atoms with van der Waals surface area (Å²) in [5.74, 6) is -1.64. The number of ether oxygens (including phenoxy) is 1. The van der Waals surface area contributed by atoms with E-state index in [-0.39, 0.29) is 23.9 Å². The van der Waals surface area contributed by atoms with Gasteiger partial charge in [0.1, 0.15) is 5.69 Å². The lowest BCUT2D eigenvalue weighted by Crippen LogP contribution is -2.22. The highest BCUT2D eigenvalue weighted by Crippen LogP contribution is 2.30. The van der Waals surface area contributed by atoms with Gasteiger partial charge in [-0.15, -0.1) is 5.10 Å². The number of benzene rings is 1. The van der Waals surface area contributed by atoms with Crippen LogP contribution in [0.25, 0.3) is 11.0 Å². The molecule has 0 bridgehead atoms. The number of carbonyl (C=O) groups excluding carboxylic acids is 1. The van der Waals surface area contributed by atoms with Crippen molar-refractivity contribution in [2.75, 3.05) is 29.9 Å². The molecule has 7 nitrogen and oxygen atoms in total. The Hall–Kier alpha value is -3.23. The molecule has 2 aromatic heterocycles. The Labute approximate surface area is 172 Å². The first-order chi connectivity index (χ1) is 14.3. The number of amides is 1. The number of aromatic nitrogens is 3. The van der Waals surface area contributed by atoms with Crippen molar-refractivity contribution < 1.29 is 18.3 Å². The minimum atomic E-state index is -0.694. The van der Waals surface area contributed by atoms with Crippen LogP contribution in [-0.4, -0.2) is 40.4 Å². The van der Waals surface area contributed by atoms with Crippen molar-refractivity contribution in [1.29, 1.82) is 0 Å². The van der Waals surface area contributed by atoms with Crippen molar-refractivity contribution in [1.82, 2.24) is 14.8 Å². The number of aryl methyl sites for hydroxylation is 3. The van der Waals surface area contributed by atoms with Gasteiger partial charge >= 0.3 is 0 Å². The summed E-state index contributed by atoms with van der Waals surface area (Å²) >= 11 is 0. The third-order valence-corrected chi connectivity index (χ3v) is 5.15. The zero-order valence-corrected chi connectivity index (χ0v) is 17.1. The number of hydrogen-bond donors (Lipinski definition) is 1. The van der Waals surface area contributed by atoms with E-state index in [1.54, 1.807) is 16.6 Å². The Morgan fingerprint density at radius 3 is 2.50 bits per heavy atom. The number of pyridine rings is 1. The van der Waals surface area contributed by atoms with Gasteiger partial charge in [0, 0.05) is 31.5 Å². The lowest BCUT2D eigenvalue weighted by molar-refractivity contribution is -0.118. The molecule has 3 heterocycles. The second kappa shape index (κ2) is 7.89. The second-order valence-electron chi connectivity index (χ2n) is 7.53. The molecule has 1 N–H and O–H groups in total. The Balaban J connectivity index is 1.46. The third-order valence-electron chi connectivity index (χ3n) is 5.15. The molecule has 1 aliphatic rings. The molecule has 1 amide bonds. The minimum absolute atomic E-state index is 0.0417. The molecular weight excluding hydrogens is 392 g/mol. The second-order valence-corrected chi connectivity index (χ2v) is 7.53. The van der Waals surface area contributed by atoms with Gasteiger partial charge in [0.25, 0.3) is 5.91 Å². The largest absolute Gasteiger partial charge is 0.466 e. The van der Waals surface area contributed by atoms with Gasteiger partial charge in [-0.25, -0.2) is 18.4 Å². The van der Waals surface area contributed by atoms with Gasteiger partial charge in [-0.3, -0.25) is 4.79 Å². The van der Waals surface area contributed by atoms with Gasteiger partial charge in [0.2, 0.25) is 5.88 Å². The fourth-order valence-electron chi connectivity index (χ4n) is 3.86. The molecule has 158 valence electrons. The first-order valence-corrected chi connectivity index (χ1v) is 9.81. The number of carbonyl (C=O) groups is 1. The van der Waals surface area contributed by atoms with Crippen LogP contribution in [0.2, 0.25) is 0 Å². The fraction of sp³-hybridized carbons (Fsp3) is 0.381. The number of rotatable bonds is 5. The number of hydrogen-bond acceptors (Lipinski definition) is 5. The molecular formula is C21H23F2N5O2. The monoisotopic (exact) mass is 415 g/mol. The fourth-order valence-corrected chi connectivity index (χ4v) is 3.86. The summed E-state index contributed by atoms with van der Waals surface area (Å²) in [6.45, 7) is 4.70. The number of nitrogens with one attached hydrogen (secondary N) is 1. The highest BCUT2D eigenvalue weighted by Gasteiger charge is 2.22. The molecule has 3 aromatic rings. The summed E-state index contributed by atoms with van der Waals surface area (Å²) in [6, 6.07) is 4.16. The van der Waals surface area contributed by atoms with E-state index in [0.29, 0.717) is 18.7 Å². The van der Waals surface area contributed by atoms with Crippen molar-refractivity contribution in [3.05, 3.63) is 41.1 Å². The average molecular weight is 415 g/mol. The molecule has 1 aromatic carbocycles. The molecule has 30 heavy (non-hydrogen) atoms. The number of halogens is 2. The van der Waals surface area contributed by atoms with Crippen molar-refractivity contribution in [2.24, 2.45) is 7.05 Å². The van der Waals surface area contributed by atoms with Crippen LogP contribution < -0.4 is 15.0 Å². The normalized spacial score (nSPS) is 13.8. The molecule has 0 unspecified atom stereocenters. The summed E-state index contributed by atoms with van der Waals surface area (Å²) < 4.78 is 36.0. The van der Waals surface area contributed by atoms with Gasteiger partial charge < -0.3 is 15.0 Å². The predicted octanol–water partition coefficient (Wildman–Crippen LogP) is 3.48. The van der Waals surface area contributed by atoms with E-state index < -0.39 is 17.5 Å². The SMILES string of the molecule is Cc1cc(C)c2c(OCC(=O)Nc3cc(F)c(N4CCCC4)c(F)c3)nn(C)c2n1. The Morgan fingerprint density at radius 2 is 1.83 bits per heavy atom. The van der Waals surface area contributed by atoms with Crippen molar-refractivity contribution >= 4 is 28.3 Å². The summed E-state index contributed by atoms with van der Waals surface area (Å²) in [6.07, 6.45) is 1.82. The topological polar surface area (TPSA) is 72.3 Å². The van der Waals surface area contributed by atoms with Gasteiger partial charge in [0.05, 0.1) is 5.39 Å². The summed E-state index contributed by atoms with van der Waals surface area (Å²) in [4.78, 5) is 18.4. The minimum Gasteiger partial charge on any atom is -0.466 e. The van der Waals surface area contributed by atoms with Gasteiger partial charge in [-0.05, 0) is 50.5 Å². The number of fused-ring (bicyclic) bond motifs is 1. The van der Waals surface area contributed by atoms with Crippen molar-refractivity contribution in [3.63, 3.8) is 0 Å². The van der Waals surface area contributed by atoms with E-state index >= 15 is 0 Å². The molecule has 0 spiro atoms. The molecule has 1 aliphatic heterocycles. The van der Waals surface area contributed by atoms with Crippen LogP contribution in [-0.2, 0) is 11.8 Å². The number of nitrogens with zero attached hydrogens (tertiary/aromatic N) is 4. The summed E-state index contributed by atoms with van der Waals surface area (Å²) in [7, 11) is 1.74. The van der Waals surface area contributed by atoms with Crippen molar-refractivity contribution in [3.8, 4) is 5.88 Å². The molecule has 0 atom stereocenters. The van der Waals surface area contributed by atoms with Crippen LogP contribution in [0.1, 0.15) is 24.1 Å². The Bertz CT molecular complexity index is 1100. The predicted molar refractivity (Wildman–Crippen MR) is 110 cm³/mol. The lowest BCUT2D eigenvalue weighted by atomic mass is 10.2. The smallest absolute Gasteiger partial charge is 0.262 e. The molecule has 9 heteroatoms. The van der Waals surface area contributed by atoms with Crippen LogP contribution in [0.5, 0.6) is 5.88 Å². The standard InChI is InChI=1S/C21H23F2N5O2/c1-12-8-13(2)24-20-18(12)21(26-27(20)3)30-11-17(29)25-14-9-15(22)19(16(23)10-14)28-6-4-5-7-28/h8-10H,4-7,11H2,1-3H3,(H,25,29). The maximum Gasteiger partial charge on any atom is 0.262 e. The molecule has 1 saturated heterocycles. The van der Waals surface area contributed by atoms with Crippen molar-refractivity contribution in [2.45, 2.75) is 26.7 Å². The molecule has 1 fully saturated rings. The highest BCUT2D eigenvalue weighted by molar-refractivity contribution is 5.92. The van der Waals surface area contributed by atoms with E-state index in [9.17, 15) is 13.6 Å². The first kappa shape index (κ1) is 20.1. The maximum atomic E-state index is 14.4. The summed E-state index contributed by atoms with van der Waals surface area (Å²) in [5, 5.41) is 7.48. The van der Waals surface area contributed by atoms with E-state index in [1.165, 1.54) is 0 Å². The van der Waals surface area contributed by atoms with Crippen LogP contribution >= 0.6 is 0 Å². The average Bonchev–Trinajstić information content (AvgIpc) is 3.28. The van der Waals surface area contributed by atoms with Gasteiger partial charge in [-0.1, -0.05) is 0 Å². The Kier molecular flexibility index (Phi) is 5.27. The van der Waals surface area contributed by atoms with Gasteiger partial charge in [-0.2, -0.15) is 0 Å². The number of anilines is 2. The van der Waals surface area contributed by atoms with Crippen LogP contribution in [0.4, 0.5) is 20.2 Å². The zero-order valence-electron chi connectivity index (χ0n) is 17.1. The summed E-state index contributed by atoms with van der Waals surface area (Å²) in [5.41, 5.74) is 2.45. The molecule has 0 saturated carbocycles. The maximum absolute atomic E-state index is 14.4. The molecule has 0 aliphatic carbocycles. The van der Waals surface area contributed by atoms with E-state index in [2.05, 4.69) is 15.4 Å². The Morgan fingerprint density at radius 1 is 1.17 bits per heavy atom. The molecule has 4 rings (SSSR count). The first-order valence-electron chi connectivity index (χ1n) is 9.81. The van der Waals surface area contributed by atoms with Gasteiger partial charge in [0.15, 0.2) is 23.9 Å². The van der Waals surface area contributed by atoms with Crippen LogP contribution in [0, 0.1) is 25.5 Å².